The van der Waals surface area contributed by atoms with Crippen LogP contribution in [-0.4, -0.2) is 24.5 Å². The van der Waals surface area contributed by atoms with Gasteiger partial charge >= 0.3 is 0 Å². The summed E-state index contributed by atoms with van der Waals surface area (Å²) in [4.78, 5) is 16.2. The zero-order chi connectivity index (χ0) is 21.4. The molecule has 0 aromatic heterocycles. The van der Waals surface area contributed by atoms with Gasteiger partial charge in [-0.1, -0.05) is 32.9 Å². The van der Waals surface area contributed by atoms with Crippen LogP contribution in [-0.2, 0) is 10.2 Å². The van der Waals surface area contributed by atoms with Gasteiger partial charge in [0.15, 0.2) is 11.9 Å². The molecule has 0 radical (unpaired) electrons. The van der Waals surface area contributed by atoms with E-state index in [-0.39, 0.29) is 17.4 Å². The molecule has 1 aromatic carbocycles. The van der Waals surface area contributed by atoms with Gasteiger partial charge in [0.25, 0.3) is 0 Å². The molecule has 1 saturated heterocycles. The van der Waals surface area contributed by atoms with Crippen molar-refractivity contribution in [2.24, 2.45) is 21.6 Å². The lowest BCUT2D eigenvalue weighted by atomic mass is 9.59. The van der Waals surface area contributed by atoms with Crippen LogP contribution in [0, 0.1) is 11.3 Å². The molecule has 2 aliphatic carbocycles. The van der Waals surface area contributed by atoms with E-state index in [9.17, 15) is 4.79 Å². The third-order valence-electron chi connectivity index (χ3n) is 8.39. The molecule has 0 amide bonds. The number of hydrogen-bond donors (Lipinski definition) is 1. The van der Waals surface area contributed by atoms with Crippen molar-refractivity contribution in [3.05, 3.63) is 52.9 Å². The summed E-state index contributed by atoms with van der Waals surface area (Å²) < 4.78 is 0. The van der Waals surface area contributed by atoms with Crippen LogP contribution in [0.2, 0.25) is 0 Å². The normalized spacial score (nSPS) is 35.2. The standard InChI is InChI=1S/C26H32N4O/c1-4-26(17-6-5-7-18(11-17)30-15-16-8-9-19(30)10-16)20-14-27-29-24(20)28-21-12-25(2,3)13-22(31)23(21)26/h5-7,11,14,16,19,24,28H,4,8-10,12-13,15H2,1-3H3. The molecule has 6 rings (SSSR count). The Morgan fingerprint density at radius 2 is 2.10 bits per heavy atom. The third-order valence-corrected chi connectivity index (χ3v) is 8.39. The molecule has 1 aromatic rings. The van der Waals surface area contributed by atoms with Crippen molar-refractivity contribution in [2.45, 2.75) is 76.9 Å². The van der Waals surface area contributed by atoms with Crippen LogP contribution in [0.25, 0.3) is 0 Å². The Balaban J connectivity index is 1.51. The molecule has 5 heteroatoms. The molecule has 31 heavy (non-hydrogen) atoms. The number of carbonyl (C=O) groups excluding carboxylic acids is 1. The van der Waals surface area contributed by atoms with Gasteiger partial charge in [-0.2, -0.15) is 10.2 Å². The van der Waals surface area contributed by atoms with E-state index in [1.54, 1.807) is 0 Å². The molecule has 3 aliphatic heterocycles. The van der Waals surface area contributed by atoms with Crippen molar-refractivity contribution >= 4 is 11.5 Å². The molecular formula is C26H32N4O. The van der Waals surface area contributed by atoms with Crippen LogP contribution in [0.5, 0.6) is 0 Å². The maximum Gasteiger partial charge on any atom is 0.164 e. The van der Waals surface area contributed by atoms with Gasteiger partial charge in [-0.3, -0.25) is 4.79 Å². The van der Waals surface area contributed by atoms with E-state index in [0.29, 0.717) is 12.5 Å². The van der Waals surface area contributed by atoms with Gasteiger partial charge in [0.05, 0.1) is 11.6 Å². The molecule has 4 atom stereocenters. The predicted octanol–water partition coefficient (Wildman–Crippen LogP) is 5.25. The molecule has 1 saturated carbocycles. The Kier molecular flexibility index (Phi) is 4.06. The predicted molar refractivity (Wildman–Crippen MR) is 122 cm³/mol. The van der Waals surface area contributed by atoms with Gasteiger partial charge in [0, 0.05) is 41.5 Å². The highest BCUT2D eigenvalue weighted by Crippen LogP contribution is 2.54. The molecule has 4 unspecified atom stereocenters. The largest absolute Gasteiger partial charge is 0.368 e. The number of fused-ring (bicyclic) bond motifs is 3. The van der Waals surface area contributed by atoms with Gasteiger partial charge in [-0.25, -0.2) is 0 Å². The number of hydrogen-bond acceptors (Lipinski definition) is 5. The Morgan fingerprint density at radius 1 is 1.23 bits per heavy atom. The number of Topliss-reactive ketones (excluding diaryl/α,β-unsaturated/α-hetero) is 1. The number of carbonyl (C=O) groups is 1. The quantitative estimate of drug-likeness (QED) is 0.733. The van der Waals surface area contributed by atoms with Crippen LogP contribution in [0.3, 0.4) is 0 Å². The van der Waals surface area contributed by atoms with Crippen LogP contribution >= 0.6 is 0 Å². The Bertz CT molecular complexity index is 1050. The van der Waals surface area contributed by atoms with Gasteiger partial charge in [0.2, 0.25) is 0 Å². The highest BCUT2D eigenvalue weighted by molar-refractivity contribution is 6.01. The van der Waals surface area contributed by atoms with Crippen LogP contribution in [0.4, 0.5) is 5.69 Å². The minimum Gasteiger partial charge on any atom is -0.368 e. The summed E-state index contributed by atoms with van der Waals surface area (Å²) in [6.07, 6.45) is 8.08. The molecule has 0 spiro atoms. The first-order valence-corrected chi connectivity index (χ1v) is 11.9. The monoisotopic (exact) mass is 416 g/mol. The summed E-state index contributed by atoms with van der Waals surface area (Å²) in [7, 11) is 0. The van der Waals surface area contributed by atoms with E-state index in [4.69, 9.17) is 0 Å². The summed E-state index contributed by atoms with van der Waals surface area (Å²) in [6, 6.07) is 9.71. The van der Waals surface area contributed by atoms with E-state index < -0.39 is 5.41 Å². The molecule has 5 aliphatic rings. The highest BCUT2D eigenvalue weighted by atomic mass is 16.1. The molecular weight excluding hydrogens is 384 g/mol. The minimum absolute atomic E-state index is 0.0317. The van der Waals surface area contributed by atoms with Crippen LogP contribution < -0.4 is 10.2 Å². The SMILES string of the molecule is CCC1(c2cccc(N3CC4CCC3C4)c2)C2=CN=NC2NC2=C1C(=O)CC(C)(C)C2. The fourth-order valence-electron chi connectivity index (χ4n) is 7.08. The average molecular weight is 417 g/mol. The van der Waals surface area contributed by atoms with Gasteiger partial charge in [-0.05, 0) is 61.1 Å². The zero-order valence-electron chi connectivity index (χ0n) is 18.8. The number of rotatable bonds is 3. The Labute approximate surface area is 184 Å². The molecule has 2 fully saturated rings. The van der Waals surface area contributed by atoms with Crippen molar-refractivity contribution in [3.8, 4) is 0 Å². The fraction of sp³-hybridized carbons (Fsp3) is 0.577. The van der Waals surface area contributed by atoms with Crippen molar-refractivity contribution in [1.82, 2.24) is 5.32 Å². The van der Waals surface area contributed by atoms with Gasteiger partial charge in [-0.15, -0.1) is 0 Å². The number of benzene rings is 1. The first kappa shape index (κ1) is 19.3. The van der Waals surface area contributed by atoms with E-state index >= 15 is 0 Å². The Morgan fingerprint density at radius 3 is 2.84 bits per heavy atom. The van der Waals surface area contributed by atoms with Crippen molar-refractivity contribution in [2.75, 3.05) is 11.4 Å². The van der Waals surface area contributed by atoms with E-state index in [0.717, 1.165) is 35.6 Å². The number of piperidine rings is 1. The topological polar surface area (TPSA) is 57.1 Å². The van der Waals surface area contributed by atoms with Gasteiger partial charge < -0.3 is 10.2 Å². The number of anilines is 1. The summed E-state index contributed by atoms with van der Waals surface area (Å²) in [5, 5.41) is 12.4. The first-order valence-electron chi connectivity index (χ1n) is 11.9. The number of azo groups is 1. The Hall–Kier alpha value is -2.43. The number of nitrogens with one attached hydrogen (secondary N) is 1. The van der Waals surface area contributed by atoms with E-state index in [1.165, 1.54) is 37.1 Å². The van der Waals surface area contributed by atoms with Crippen molar-refractivity contribution < 1.29 is 4.79 Å². The lowest BCUT2D eigenvalue weighted by Gasteiger charge is -2.48. The first-order chi connectivity index (χ1) is 14.9. The lowest BCUT2D eigenvalue weighted by Crippen LogP contribution is -2.51. The third kappa shape index (κ3) is 2.71. The second kappa shape index (κ2) is 6.54. The maximum absolute atomic E-state index is 13.6. The zero-order valence-corrected chi connectivity index (χ0v) is 18.8. The average Bonchev–Trinajstić information content (AvgIpc) is 3.48. The second-order valence-electron chi connectivity index (χ2n) is 11.0. The molecule has 2 bridgehead atoms. The van der Waals surface area contributed by atoms with Gasteiger partial charge in [0.1, 0.15) is 0 Å². The molecule has 5 nitrogen and oxygen atoms in total. The van der Waals surface area contributed by atoms with Crippen LogP contribution in [0.15, 0.2) is 57.5 Å². The summed E-state index contributed by atoms with van der Waals surface area (Å²) in [5.41, 5.74) is 5.22. The summed E-state index contributed by atoms with van der Waals surface area (Å²) >= 11 is 0. The molecule has 162 valence electrons. The second-order valence-corrected chi connectivity index (χ2v) is 11.0. The maximum atomic E-state index is 13.6. The summed E-state index contributed by atoms with van der Waals surface area (Å²) in [5.74, 6) is 1.13. The molecule has 3 heterocycles. The van der Waals surface area contributed by atoms with Crippen molar-refractivity contribution in [1.29, 1.82) is 0 Å². The minimum atomic E-state index is -0.447. The van der Waals surface area contributed by atoms with E-state index in [2.05, 4.69) is 65.5 Å². The lowest BCUT2D eigenvalue weighted by molar-refractivity contribution is -0.119. The van der Waals surface area contributed by atoms with Crippen LogP contribution in [0.1, 0.15) is 64.9 Å². The fourth-order valence-corrected chi connectivity index (χ4v) is 7.08. The highest BCUT2D eigenvalue weighted by Gasteiger charge is 2.53. The smallest absolute Gasteiger partial charge is 0.164 e. The van der Waals surface area contributed by atoms with E-state index in [1.807, 2.05) is 6.20 Å². The molecule has 1 N–H and O–H groups in total. The van der Waals surface area contributed by atoms with Crippen molar-refractivity contribution in [3.63, 3.8) is 0 Å². The number of ketones is 1. The summed E-state index contributed by atoms with van der Waals surface area (Å²) in [6.45, 7) is 7.76. The number of nitrogens with zero attached hydrogens (tertiary/aromatic N) is 3. The number of allylic oxidation sites excluding steroid dienone is 2.